The van der Waals surface area contributed by atoms with Crippen LogP contribution in [0.15, 0.2) is 24.3 Å². The third-order valence-corrected chi connectivity index (χ3v) is 5.15. The molecule has 0 spiro atoms. The molecule has 0 radical (unpaired) electrons. The zero-order valence-electron chi connectivity index (χ0n) is 18.6. The summed E-state index contributed by atoms with van der Waals surface area (Å²) in [5.41, 5.74) is 5.02. The fraction of sp³-hybridized carbons (Fsp3) is 0.609. The van der Waals surface area contributed by atoms with Crippen molar-refractivity contribution in [3.8, 4) is 11.5 Å². The fourth-order valence-corrected chi connectivity index (χ4v) is 2.98. The van der Waals surface area contributed by atoms with Crippen molar-refractivity contribution < 1.29 is 9.53 Å². The van der Waals surface area contributed by atoms with Gasteiger partial charge in [-0.2, -0.15) is 0 Å². The highest BCUT2D eigenvalue weighted by molar-refractivity contribution is 6.83. The van der Waals surface area contributed by atoms with Crippen molar-refractivity contribution in [2.75, 3.05) is 6.54 Å². The minimum atomic E-state index is -1.38. The van der Waals surface area contributed by atoms with Crippen LogP contribution in [0.2, 0.25) is 19.6 Å². The second-order valence-corrected chi connectivity index (χ2v) is 14.2. The number of amides is 1. The molecule has 1 aromatic rings. The molecule has 150 valence electrons. The molecule has 0 heterocycles. The fourth-order valence-electron chi connectivity index (χ4n) is 2.46. The van der Waals surface area contributed by atoms with E-state index < -0.39 is 13.7 Å². The topological polar surface area (TPSA) is 29.5 Å². The van der Waals surface area contributed by atoms with Gasteiger partial charge in [-0.15, -0.1) is 5.54 Å². The average molecular weight is 388 g/mol. The molecule has 0 saturated carbocycles. The van der Waals surface area contributed by atoms with Gasteiger partial charge in [0.15, 0.2) is 0 Å². The maximum absolute atomic E-state index is 12.8. The number of hydrogen-bond donors (Lipinski definition) is 0. The Bertz CT molecular complexity index is 672. The lowest BCUT2D eigenvalue weighted by atomic mass is 10.0. The molecule has 0 N–H and O–H groups in total. The SMILES string of the molecule is CC[C@H](C)CN(C(=O)OC(C)(C)C)[C@H](C)c1ccc(C#C[Si](C)(C)C)cc1. The van der Waals surface area contributed by atoms with Gasteiger partial charge in [0.2, 0.25) is 0 Å². The first kappa shape index (κ1) is 23.3. The highest BCUT2D eigenvalue weighted by atomic mass is 28.3. The largest absolute Gasteiger partial charge is 0.444 e. The summed E-state index contributed by atoms with van der Waals surface area (Å²) in [5.74, 6) is 3.70. The molecule has 1 rings (SSSR count). The first-order valence-corrected chi connectivity index (χ1v) is 13.4. The number of nitrogens with zero attached hydrogens (tertiary/aromatic N) is 1. The molecule has 0 unspecified atom stereocenters. The molecule has 27 heavy (non-hydrogen) atoms. The van der Waals surface area contributed by atoms with E-state index in [0.29, 0.717) is 12.5 Å². The monoisotopic (exact) mass is 387 g/mol. The van der Waals surface area contributed by atoms with Crippen molar-refractivity contribution in [2.24, 2.45) is 5.92 Å². The summed E-state index contributed by atoms with van der Waals surface area (Å²) in [6, 6.07) is 8.21. The summed E-state index contributed by atoms with van der Waals surface area (Å²) < 4.78 is 5.66. The van der Waals surface area contributed by atoms with Gasteiger partial charge in [0, 0.05) is 12.1 Å². The van der Waals surface area contributed by atoms with Gasteiger partial charge < -0.3 is 9.64 Å². The van der Waals surface area contributed by atoms with Crippen LogP contribution in [0.5, 0.6) is 0 Å². The molecule has 0 aromatic heterocycles. The van der Waals surface area contributed by atoms with E-state index >= 15 is 0 Å². The highest BCUT2D eigenvalue weighted by Crippen LogP contribution is 2.25. The van der Waals surface area contributed by atoms with E-state index in [1.807, 2.05) is 25.7 Å². The van der Waals surface area contributed by atoms with Gasteiger partial charge in [0.1, 0.15) is 13.7 Å². The summed E-state index contributed by atoms with van der Waals surface area (Å²) in [7, 11) is -1.38. The number of carbonyl (C=O) groups excluding carboxylic acids is 1. The van der Waals surface area contributed by atoms with E-state index in [0.717, 1.165) is 17.5 Å². The summed E-state index contributed by atoms with van der Waals surface area (Å²) >= 11 is 0. The molecule has 1 aromatic carbocycles. The zero-order chi connectivity index (χ0) is 20.8. The minimum Gasteiger partial charge on any atom is -0.444 e. The van der Waals surface area contributed by atoms with Gasteiger partial charge in [-0.3, -0.25) is 0 Å². The molecule has 0 fully saturated rings. The molecule has 2 atom stereocenters. The summed E-state index contributed by atoms with van der Waals surface area (Å²) in [6.07, 6.45) is 0.773. The molecular weight excluding hydrogens is 350 g/mol. The summed E-state index contributed by atoms with van der Waals surface area (Å²) in [4.78, 5) is 14.6. The Kier molecular flexibility index (Phi) is 8.17. The van der Waals surface area contributed by atoms with Crippen LogP contribution in [0.1, 0.15) is 65.1 Å². The van der Waals surface area contributed by atoms with Crippen LogP contribution in [-0.2, 0) is 4.74 Å². The molecule has 0 aliphatic carbocycles. The van der Waals surface area contributed by atoms with E-state index in [1.54, 1.807) is 0 Å². The van der Waals surface area contributed by atoms with Crippen LogP contribution in [-0.4, -0.2) is 31.2 Å². The standard InChI is InChI=1S/C23H37NO2Si/c1-10-18(2)17-24(22(25)26-23(4,5)6)19(3)21-13-11-20(12-14-21)15-16-27(7,8)9/h11-14,18-19H,10,17H2,1-9H3/t18-,19+/m0/s1. The van der Waals surface area contributed by atoms with Gasteiger partial charge in [-0.05, 0) is 51.3 Å². The van der Waals surface area contributed by atoms with E-state index in [2.05, 4.69) is 76.1 Å². The molecule has 1 amide bonds. The highest BCUT2D eigenvalue weighted by Gasteiger charge is 2.27. The number of benzene rings is 1. The summed E-state index contributed by atoms with van der Waals surface area (Å²) in [6.45, 7) is 19.5. The molecule has 4 heteroatoms. The van der Waals surface area contributed by atoms with E-state index in [1.165, 1.54) is 0 Å². The normalized spacial score (nSPS) is 14.0. The number of rotatable bonds is 5. The minimum absolute atomic E-state index is 0.0483. The van der Waals surface area contributed by atoms with E-state index in [-0.39, 0.29) is 12.1 Å². The van der Waals surface area contributed by atoms with Gasteiger partial charge >= 0.3 is 6.09 Å². The van der Waals surface area contributed by atoms with Crippen molar-refractivity contribution in [3.63, 3.8) is 0 Å². The lowest BCUT2D eigenvalue weighted by molar-refractivity contribution is 0.0141. The van der Waals surface area contributed by atoms with Crippen molar-refractivity contribution in [2.45, 2.75) is 79.2 Å². The first-order valence-electron chi connectivity index (χ1n) is 9.95. The predicted molar refractivity (Wildman–Crippen MR) is 117 cm³/mol. The molecule has 0 aliphatic rings. The Morgan fingerprint density at radius 1 is 1.15 bits per heavy atom. The predicted octanol–water partition coefficient (Wildman–Crippen LogP) is 6.26. The van der Waals surface area contributed by atoms with Crippen LogP contribution < -0.4 is 0 Å². The Morgan fingerprint density at radius 3 is 2.15 bits per heavy atom. The Morgan fingerprint density at radius 2 is 1.70 bits per heavy atom. The van der Waals surface area contributed by atoms with Crippen molar-refractivity contribution in [1.82, 2.24) is 4.90 Å². The molecular formula is C23H37NO2Si. The number of hydrogen-bond acceptors (Lipinski definition) is 2. The Balaban J connectivity index is 3.04. The maximum atomic E-state index is 12.8. The van der Waals surface area contributed by atoms with E-state index in [9.17, 15) is 4.79 Å². The maximum Gasteiger partial charge on any atom is 0.410 e. The number of carbonyl (C=O) groups is 1. The first-order chi connectivity index (χ1) is 12.3. The quantitative estimate of drug-likeness (QED) is 0.441. The van der Waals surface area contributed by atoms with Gasteiger partial charge in [0.05, 0.1) is 6.04 Å². The van der Waals surface area contributed by atoms with Crippen molar-refractivity contribution in [3.05, 3.63) is 35.4 Å². The number of ether oxygens (including phenoxy) is 1. The lowest BCUT2D eigenvalue weighted by Gasteiger charge is -2.33. The average Bonchev–Trinajstić information content (AvgIpc) is 2.55. The smallest absolute Gasteiger partial charge is 0.410 e. The van der Waals surface area contributed by atoms with Gasteiger partial charge in [0.25, 0.3) is 0 Å². The zero-order valence-corrected chi connectivity index (χ0v) is 19.6. The van der Waals surface area contributed by atoms with Crippen LogP contribution in [0, 0.1) is 17.4 Å². The molecule has 3 nitrogen and oxygen atoms in total. The van der Waals surface area contributed by atoms with Crippen LogP contribution in [0.4, 0.5) is 4.79 Å². The summed E-state index contributed by atoms with van der Waals surface area (Å²) in [5, 5.41) is 0. The Labute approximate surface area is 167 Å². The van der Waals surface area contributed by atoms with Gasteiger partial charge in [-0.1, -0.05) is 58.0 Å². The van der Waals surface area contributed by atoms with Crippen molar-refractivity contribution >= 4 is 14.2 Å². The van der Waals surface area contributed by atoms with Crippen LogP contribution in [0.25, 0.3) is 0 Å². The second-order valence-electron chi connectivity index (χ2n) is 9.44. The van der Waals surface area contributed by atoms with Crippen LogP contribution >= 0.6 is 0 Å². The Hall–Kier alpha value is -1.73. The van der Waals surface area contributed by atoms with Crippen LogP contribution in [0.3, 0.4) is 0 Å². The molecule has 0 bridgehead atoms. The van der Waals surface area contributed by atoms with Crippen molar-refractivity contribution in [1.29, 1.82) is 0 Å². The molecule has 0 saturated heterocycles. The third kappa shape index (κ3) is 8.66. The third-order valence-electron chi connectivity index (χ3n) is 4.28. The second kappa shape index (κ2) is 9.46. The van der Waals surface area contributed by atoms with E-state index in [4.69, 9.17) is 4.74 Å². The van der Waals surface area contributed by atoms with Gasteiger partial charge in [-0.25, -0.2) is 4.79 Å². The molecule has 0 aliphatic heterocycles. The lowest BCUT2D eigenvalue weighted by Crippen LogP contribution is -2.40.